The van der Waals surface area contributed by atoms with Crippen LogP contribution >= 0.6 is 0 Å². The molecule has 2 aromatic heterocycles. The number of hydrogen-bond acceptors (Lipinski definition) is 4. The number of nitrogens with zero attached hydrogens (tertiary/aromatic N) is 4. The Morgan fingerprint density at radius 2 is 1.97 bits per heavy atom. The fourth-order valence-corrected chi connectivity index (χ4v) is 4.61. The Morgan fingerprint density at radius 3 is 2.78 bits per heavy atom. The van der Waals surface area contributed by atoms with Crippen LogP contribution in [0.1, 0.15) is 28.8 Å². The third-order valence-corrected chi connectivity index (χ3v) is 6.75. The van der Waals surface area contributed by atoms with E-state index in [9.17, 15) is 9.18 Å². The molecule has 1 aliphatic heterocycles. The predicted octanol–water partition coefficient (Wildman–Crippen LogP) is 4.95. The number of pyridine rings is 1. The van der Waals surface area contributed by atoms with E-state index in [0.29, 0.717) is 18.8 Å². The molecule has 0 saturated heterocycles. The van der Waals surface area contributed by atoms with Crippen LogP contribution in [0.2, 0.25) is 0 Å². The number of aromatic nitrogens is 3. The Hall–Kier alpha value is -4.20. The van der Waals surface area contributed by atoms with Gasteiger partial charge in [-0.05, 0) is 60.2 Å². The fraction of sp³-hybridized carbons (Fsp3) is 0.276. The van der Waals surface area contributed by atoms with Crippen LogP contribution in [0.3, 0.4) is 0 Å². The molecular weight excluding hydrogens is 467 g/mol. The molecular formula is C29H31FN6O. The van der Waals surface area contributed by atoms with Crippen molar-refractivity contribution in [2.24, 2.45) is 0 Å². The van der Waals surface area contributed by atoms with E-state index in [1.165, 1.54) is 23.3 Å². The third kappa shape index (κ3) is 6.14. The zero-order valence-corrected chi connectivity index (χ0v) is 21.0. The lowest BCUT2D eigenvalue weighted by atomic mass is 10.00. The van der Waals surface area contributed by atoms with Crippen LogP contribution in [-0.4, -0.2) is 46.2 Å². The molecule has 0 fully saturated rings. The van der Waals surface area contributed by atoms with Gasteiger partial charge in [-0.2, -0.15) is 5.10 Å². The van der Waals surface area contributed by atoms with Gasteiger partial charge >= 0.3 is 6.03 Å². The van der Waals surface area contributed by atoms with E-state index in [-0.39, 0.29) is 11.8 Å². The van der Waals surface area contributed by atoms with Crippen LogP contribution in [0.4, 0.5) is 15.0 Å². The second kappa shape index (κ2) is 11.2. The summed E-state index contributed by atoms with van der Waals surface area (Å²) in [4.78, 5) is 21.2. The molecule has 1 aliphatic rings. The number of nitrogens with one attached hydrogen (secondary N) is 2. The number of amides is 2. The van der Waals surface area contributed by atoms with Gasteiger partial charge in [-0.1, -0.05) is 42.5 Å². The fourth-order valence-electron chi connectivity index (χ4n) is 4.61. The lowest BCUT2D eigenvalue weighted by molar-refractivity contribution is 0.208. The normalized spacial score (nSPS) is 12.8. The summed E-state index contributed by atoms with van der Waals surface area (Å²) in [6.45, 7) is 2.86. The zero-order chi connectivity index (χ0) is 25.6. The number of urea groups is 1. The highest BCUT2D eigenvalue weighted by molar-refractivity contribution is 5.73. The van der Waals surface area contributed by atoms with Crippen molar-refractivity contribution in [3.63, 3.8) is 0 Å². The first-order chi connectivity index (χ1) is 18.0. The molecule has 0 aliphatic carbocycles. The molecule has 37 heavy (non-hydrogen) atoms. The average molecular weight is 499 g/mol. The van der Waals surface area contributed by atoms with Gasteiger partial charge in [0.2, 0.25) is 0 Å². The molecule has 190 valence electrons. The van der Waals surface area contributed by atoms with Crippen molar-refractivity contribution < 1.29 is 9.18 Å². The van der Waals surface area contributed by atoms with Gasteiger partial charge in [-0.25, -0.2) is 14.2 Å². The van der Waals surface area contributed by atoms with Crippen LogP contribution in [0.5, 0.6) is 0 Å². The number of carbonyl (C=O) groups excluding carboxylic acids is 1. The lowest BCUT2D eigenvalue weighted by Gasteiger charge is -2.29. The number of H-pyrrole nitrogens is 1. The van der Waals surface area contributed by atoms with Gasteiger partial charge in [0.05, 0.1) is 5.69 Å². The number of rotatable bonds is 8. The highest BCUT2D eigenvalue weighted by Gasteiger charge is 2.17. The molecule has 0 bridgehead atoms. The summed E-state index contributed by atoms with van der Waals surface area (Å²) < 4.78 is 13.5. The van der Waals surface area contributed by atoms with Crippen molar-refractivity contribution in [3.8, 4) is 11.3 Å². The summed E-state index contributed by atoms with van der Waals surface area (Å²) in [6, 6.07) is 20.8. The smallest absolute Gasteiger partial charge is 0.317 e. The summed E-state index contributed by atoms with van der Waals surface area (Å²) in [5, 5.41) is 10.2. The van der Waals surface area contributed by atoms with Gasteiger partial charge in [-0.3, -0.25) is 5.10 Å². The Morgan fingerprint density at radius 1 is 1.11 bits per heavy atom. The van der Waals surface area contributed by atoms with E-state index in [2.05, 4.69) is 49.7 Å². The highest BCUT2D eigenvalue weighted by Crippen LogP contribution is 2.23. The maximum Gasteiger partial charge on any atom is 0.317 e. The van der Waals surface area contributed by atoms with Crippen LogP contribution in [-0.2, 0) is 25.9 Å². The lowest BCUT2D eigenvalue weighted by Crippen LogP contribution is -2.37. The monoisotopic (exact) mass is 498 g/mol. The van der Waals surface area contributed by atoms with E-state index >= 15 is 0 Å². The topological polar surface area (TPSA) is 77.2 Å². The summed E-state index contributed by atoms with van der Waals surface area (Å²) in [6.07, 6.45) is 4.39. The molecule has 7 nitrogen and oxygen atoms in total. The van der Waals surface area contributed by atoms with Crippen molar-refractivity contribution in [1.82, 2.24) is 25.4 Å². The maximum absolute atomic E-state index is 13.5. The molecule has 2 aromatic carbocycles. The molecule has 0 radical (unpaired) electrons. The Kier molecular flexibility index (Phi) is 7.44. The summed E-state index contributed by atoms with van der Waals surface area (Å²) in [5.74, 6) is 0.677. The van der Waals surface area contributed by atoms with Crippen LogP contribution in [0, 0.1) is 5.82 Å². The van der Waals surface area contributed by atoms with Crippen molar-refractivity contribution in [1.29, 1.82) is 0 Å². The van der Waals surface area contributed by atoms with Gasteiger partial charge in [0.15, 0.2) is 0 Å². The first-order valence-corrected chi connectivity index (χ1v) is 12.6. The number of aromatic amines is 1. The predicted molar refractivity (Wildman–Crippen MR) is 143 cm³/mol. The molecule has 5 rings (SSSR count). The number of aryl methyl sites for hydroxylation is 1. The molecule has 4 aromatic rings. The van der Waals surface area contributed by atoms with E-state index < -0.39 is 0 Å². The number of fused-ring (bicyclic) bond motifs is 1. The minimum atomic E-state index is -0.283. The van der Waals surface area contributed by atoms with Crippen molar-refractivity contribution in [3.05, 3.63) is 101 Å². The van der Waals surface area contributed by atoms with E-state index in [0.717, 1.165) is 55.0 Å². The molecule has 0 saturated carbocycles. The van der Waals surface area contributed by atoms with Gasteiger partial charge in [0.1, 0.15) is 11.6 Å². The second-order valence-electron chi connectivity index (χ2n) is 9.44. The Bertz CT molecular complexity index is 1350. The first-order valence-electron chi connectivity index (χ1n) is 12.6. The van der Waals surface area contributed by atoms with Gasteiger partial charge in [-0.15, -0.1) is 0 Å². The number of benzene rings is 2. The summed E-state index contributed by atoms with van der Waals surface area (Å²) in [5.41, 5.74) is 6.14. The minimum Gasteiger partial charge on any atom is -0.352 e. The van der Waals surface area contributed by atoms with Crippen LogP contribution in [0.25, 0.3) is 11.3 Å². The SMILES string of the molecule is CN(CCCc1cc(-c2cccc(F)c2)n[nH]1)C(=O)NCc1ccc(N2CCc3ccccc3C2)nc1. The van der Waals surface area contributed by atoms with Gasteiger partial charge in [0.25, 0.3) is 0 Å². The average Bonchev–Trinajstić information content (AvgIpc) is 3.41. The summed E-state index contributed by atoms with van der Waals surface area (Å²) >= 11 is 0. The third-order valence-electron chi connectivity index (χ3n) is 6.75. The number of anilines is 1. The molecule has 2 N–H and O–H groups in total. The van der Waals surface area contributed by atoms with E-state index in [1.54, 1.807) is 18.0 Å². The van der Waals surface area contributed by atoms with Crippen molar-refractivity contribution >= 4 is 11.8 Å². The zero-order valence-electron chi connectivity index (χ0n) is 21.0. The van der Waals surface area contributed by atoms with Crippen LogP contribution < -0.4 is 10.2 Å². The number of halogens is 1. The molecule has 2 amide bonds. The Balaban J connectivity index is 1.05. The van der Waals surface area contributed by atoms with Gasteiger partial charge in [0, 0.05) is 50.7 Å². The molecule has 0 atom stereocenters. The van der Waals surface area contributed by atoms with Crippen molar-refractivity contribution in [2.45, 2.75) is 32.4 Å². The standard InChI is InChI=1S/C29H31FN6O/c1-35(14-5-10-26-17-27(34-33-26)23-8-4-9-25(30)16-23)29(37)32-19-21-11-12-28(31-18-21)36-15-13-22-6-2-3-7-24(22)20-36/h2-4,6-9,11-12,16-18H,5,10,13-15,19-20H2,1H3,(H,32,37)(H,33,34). The number of hydrogen-bond donors (Lipinski definition) is 2. The summed E-state index contributed by atoms with van der Waals surface area (Å²) in [7, 11) is 1.79. The molecule has 3 heterocycles. The second-order valence-corrected chi connectivity index (χ2v) is 9.44. The van der Waals surface area contributed by atoms with Crippen LogP contribution in [0.15, 0.2) is 72.9 Å². The largest absolute Gasteiger partial charge is 0.352 e. The highest BCUT2D eigenvalue weighted by atomic mass is 19.1. The molecule has 0 spiro atoms. The quantitative estimate of drug-likeness (QED) is 0.361. The maximum atomic E-state index is 13.5. The van der Waals surface area contributed by atoms with Crippen molar-refractivity contribution in [2.75, 3.05) is 25.0 Å². The van der Waals surface area contributed by atoms with E-state index in [4.69, 9.17) is 0 Å². The van der Waals surface area contributed by atoms with Gasteiger partial charge < -0.3 is 15.1 Å². The van der Waals surface area contributed by atoms with E-state index in [1.807, 2.05) is 30.5 Å². The minimum absolute atomic E-state index is 0.123. The first kappa shape index (κ1) is 24.5. The number of carbonyl (C=O) groups is 1. The Labute approximate surface area is 216 Å². The molecule has 0 unspecified atom stereocenters. The molecule has 8 heteroatoms.